The predicted molar refractivity (Wildman–Crippen MR) is 91.7 cm³/mol. The molecule has 5 heteroatoms. The Morgan fingerprint density at radius 1 is 1.09 bits per heavy atom. The second-order valence-corrected chi connectivity index (χ2v) is 5.87. The summed E-state index contributed by atoms with van der Waals surface area (Å²) in [5.41, 5.74) is 3.45. The van der Waals surface area contributed by atoms with Crippen molar-refractivity contribution < 1.29 is 0 Å². The zero-order chi connectivity index (χ0) is 14.9. The number of pyridine rings is 1. The minimum absolute atomic E-state index is 0.760. The van der Waals surface area contributed by atoms with Crippen LogP contribution >= 0.6 is 11.3 Å². The molecule has 3 heterocycles. The quantitative estimate of drug-likeness (QED) is 0.575. The monoisotopic (exact) mass is 306 g/mol. The van der Waals surface area contributed by atoms with E-state index in [1.807, 2.05) is 12.1 Å². The van der Waals surface area contributed by atoms with Crippen molar-refractivity contribution in [3.63, 3.8) is 0 Å². The van der Waals surface area contributed by atoms with Gasteiger partial charge in [0.1, 0.15) is 5.82 Å². The summed E-state index contributed by atoms with van der Waals surface area (Å²) in [5, 5.41) is 16.8. The van der Waals surface area contributed by atoms with E-state index in [9.17, 15) is 0 Å². The Kier molecular flexibility index (Phi) is 3.12. The van der Waals surface area contributed by atoms with Crippen LogP contribution in [0.4, 0.5) is 11.6 Å². The highest BCUT2D eigenvalue weighted by Gasteiger charge is 2.11. The minimum atomic E-state index is 0.760. The number of nitrogens with zero attached hydrogens (tertiary/aromatic N) is 2. The van der Waals surface area contributed by atoms with E-state index in [-0.39, 0.29) is 0 Å². The molecule has 0 spiro atoms. The molecule has 4 nitrogen and oxygen atoms in total. The van der Waals surface area contributed by atoms with E-state index in [1.165, 1.54) is 11.1 Å². The van der Waals surface area contributed by atoms with Gasteiger partial charge in [0.05, 0.1) is 5.69 Å². The topological polar surface area (TPSA) is 53.6 Å². The smallest absolute Gasteiger partial charge is 0.153 e. The number of benzene rings is 1. The van der Waals surface area contributed by atoms with Crippen LogP contribution in [0.3, 0.4) is 0 Å². The Balaban J connectivity index is 1.91. The van der Waals surface area contributed by atoms with Gasteiger partial charge in [-0.15, -0.1) is 0 Å². The van der Waals surface area contributed by atoms with Crippen LogP contribution in [-0.4, -0.2) is 15.2 Å². The maximum atomic E-state index is 4.82. The van der Waals surface area contributed by atoms with Crippen molar-refractivity contribution in [3.8, 4) is 11.3 Å². The Bertz CT molecular complexity index is 925. The normalized spacial score (nSPS) is 11.0. The predicted octanol–water partition coefficient (Wildman–Crippen LogP) is 4.74. The van der Waals surface area contributed by atoms with Crippen molar-refractivity contribution in [1.82, 2.24) is 15.2 Å². The third-order valence-electron chi connectivity index (χ3n) is 3.61. The van der Waals surface area contributed by atoms with Crippen molar-refractivity contribution in [1.29, 1.82) is 0 Å². The summed E-state index contributed by atoms with van der Waals surface area (Å²) in [5.74, 6) is 1.56. The molecule has 22 heavy (non-hydrogen) atoms. The lowest BCUT2D eigenvalue weighted by molar-refractivity contribution is 1.09. The zero-order valence-corrected chi connectivity index (χ0v) is 12.8. The molecule has 0 fully saturated rings. The van der Waals surface area contributed by atoms with Gasteiger partial charge in [-0.25, -0.2) is 4.98 Å². The molecule has 3 aromatic heterocycles. The number of hydrogen-bond donors (Lipinski definition) is 2. The van der Waals surface area contributed by atoms with Crippen molar-refractivity contribution in [2.24, 2.45) is 0 Å². The largest absolute Gasteiger partial charge is 0.323 e. The number of nitrogens with one attached hydrogen (secondary N) is 2. The van der Waals surface area contributed by atoms with E-state index in [0.717, 1.165) is 28.1 Å². The summed E-state index contributed by atoms with van der Waals surface area (Å²) in [6, 6.07) is 12.3. The van der Waals surface area contributed by atoms with Crippen LogP contribution in [0.2, 0.25) is 0 Å². The van der Waals surface area contributed by atoms with Gasteiger partial charge in [-0.3, -0.25) is 5.10 Å². The van der Waals surface area contributed by atoms with Crippen molar-refractivity contribution >= 4 is 33.7 Å². The van der Waals surface area contributed by atoms with Gasteiger partial charge in [0.2, 0.25) is 0 Å². The average Bonchev–Trinajstić information content (AvgIpc) is 3.18. The molecular formula is C17H14N4S. The zero-order valence-electron chi connectivity index (χ0n) is 12.0. The molecule has 4 aromatic rings. The van der Waals surface area contributed by atoms with Gasteiger partial charge >= 0.3 is 0 Å². The first-order valence-corrected chi connectivity index (χ1v) is 7.95. The second kappa shape index (κ2) is 5.27. The summed E-state index contributed by atoms with van der Waals surface area (Å²) in [6.45, 7) is 2.12. The summed E-state index contributed by atoms with van der Waals surface area (Å²) >= 11 is 1.70. The Morgan fingerprint density at radius 3 is 2.77 bits per heavy atom. The van der Waals surface area contributed by atoms with Crippen molar-refractivity contribution in [3.05, 3.63) is 58.9 Å². The van der Waals surface area contributed by atoms with E-state index in [2.05, 4.69) is 57.5 Å². The molecule has 4 rings (SSSR count). The number of anilines is 2. The molecule has 1 aromatic carbocycles. The number of aryl methyl sites for hydroxylation is 1. The molecule has 0 unspecified atom stereocenters. The molecule has 0 radical (unpaired) electrons. The Hall–Kier alpha value is -2.66. The standard InChI is InChI=1S/C17H14N4S/c1-11-9-22-10-14(11)17-13-5-3-2-4-12(13)8-16(20-17)19-15-6-7-18-21-15/h2-10H,1H3,(H2,18,19,20,21). The molecule has 108 valence electrons. The molecule has 0 saturated carbocycles. The van der Waals surface area contributed by atoms with E-state index in [4.69, 9.17) is 4.98 Å². The van der Waals surface area contributed by atoms with Crippen LogP contribution < -0.4 is 5.32 Å². The fraction of sp³-hybridized carbons (Fsp3) is 0.0588. The van der Waals surface area contributed by atoms with Gasteiger partial charge in [-0.1, -0.05) is 24.3 Å². The highest BCUT2D eigenvalue weighted by Crippen LogP contribution is 2.33. The highest BCUT2D eigenvalue weighted by molar-refractivity contribution is 7.08. The fourth-order valence-electron chi connectivity index (χ4n) is 2.53. The van der Waals surface area contributed by atoms with E-state index < -0.39 is 0 Å². The molecule has 0 bridgehead atoms. The molecule has 0 amide bonds. The van der Waals surface area contributed by atoms with Crippen LogP contribution in [0.25, 0.3) is 22.0 Å². The summed E-state index contributed by atoms with van der Waals surface area (Å²) in [7, 11) is 0. The van der Waals surface area contributed by atoms with Gasteiger partial charge in [-0.05, 0) is 29.3 Å². The van der Waals surface area contributed by atoms with Gasteiger partial charge in [0.25, 0.3) is 0 Å². The van der Waals surface area contributed by atoms with Gasteiger partial charge in [-0.2, -0.15) is 16.4 Å². The summed E-state index contributed by atoms with van der Waals surface area (Å²) in [4.78, 5) is 4.82. The maximum Gasteiger partial charge on any atom is 0.153 e. The molecule has 0 aliphatic carbocycles. The molecule has 0 atom stereocenters. The lowest BCUT2D eigenvalue weighted by atomic mass is 10.0. The van der Waals surface area contributed by atoms with Crippen molar-refractivity contribution in [2.45, 2.75) is 6.92 Å². The van der Waals surface area contributed by atoms with E-state index in [0.29, 0.717) is 0 Å². The third-order valence-corrected chi connectivity index (χ3v) is 4.47. The van der Waals surface area contributed by atoms with Gasteiger partial charge < -0.3 is 5.32 Å². The van der Waals surface area contributed by atoms with Gasteiger partial charge in [0.15, 0.2) is 5.82 Å². The first-order valence-electron chi connectivity index (χ1n) is 7.01. The first kappa shape index (κ1) is 13.0. The lowest BCUT2D eigenvalue weighted by Gasteiger charge is -2.10. The number of fused-ring (bicyclic) bond motifs is 1. The van der Waals surface area contributed by atoms with E-state index in [1.54, 1.807) is 17.5 Å². The molecule has 2 N–H and O–H groups in total. The number of thiophene rings is 1. The third kappa shape index (κ3) is 2.25. The fourth-order valence-corrected chi connectivity index (χ4v) is 3.37. The molecule has 0 saturated heterocycles. The minimum Gasteiger partial charge on any atom is -0.323 e. The number of hydrogen-bond acceptors (Lipinski definition) is 4. The summed E-state index contributed by atoms with van der Waals surface area (Å²) in [6.07, 6.45) is 1.79. The van der Waals surface area contributed by atoms with Crippen LogP contribution in [0.15, 0.2) is 53.4 Å². The second-order valence-electron chi connectivity index (χ2n) is 5.13. The Morgan fingerprint density at radius 2 is 2.00 bits per heavy atom. The number of aromatic nitrogens is 3. The van der Waals surface area contributed by atoms with Crippen LogP contribution in [0.5, 0.6) is 0 Å². The maximum absolute atomic E-state index is 4.82. The first-order chi connectivity index (χ1) is 10.8. The molecular weight excluding hydrogens is 292 g/mol. The van der Waals surface area contributed by atoms with E-state index >= 15 is 0 Å². The van der Waals surface area contributed by atoms with Gasteiger partial charge in [0, 0.05) is 28.6 Å². The molecule has 0 aliphatic rings. The van der Waals surface area contributed by atoms with Crippen LogP contribution in [0, 0.1) is 6.92 Å². The average molecular weight is 306 g/mol. The highest BCUT2D eigenvalue weighted by atomic mass is 32.1. The Labute approximate surface area is 131 Å². The summed E-state index contributed by atoms with van der Waals surface area (Å²) < 4.78 is 0. The van der Waals surface area contributed by atoms with Crippen LogP contribution in [0.1, 0.15) is 5.56 Å². The van der Waals surface area contributed by atoms with Crippen LogP contribution in [-0.2, 0) is 0 Å². The number of aromatic amines is 1. The van der Waals surface area contributed by atoms with Crippen molar-refractivity contribution in [2.75, 3.05) is 5.32 Å². The lowest BCUT2D eigenvalue weighted by Crippen LogP contribution is -1.96. The number of rotatable bonds is 3. The SMILES string of the molecule is Cc1cscc1-c1nc(Nc2cc[nH]n2)cc2ccccc12. The number of H-pyrrole nitrogens is 1. The molecule has 0 aliphatic heterocycles.